The normalized spacial score (nSPS) is 25.1. The molecule has 1 fully saturated rings. The van der Waals surface area contributed by atoms with Gasteiger partial charge in [-0.05, 0) is 49.6 Å². The van der Waals surface area contributed by atoms with Crippen LogP contribution in [0.2, 0.25) is 0 Å². The molecule has 3 atom stereocenters. The Hall–Kier alpha value is -1.07. The Morgan fingerprint density at radius 1 is 1.53 bits per heavy atom. The first-order valence-electron chi connectivity index (χ1n) is 6.76. The number of amides is 2. The van der Waals surface area contributed by atoms with Crippen LogP contribution in [0, 0.1) is 0 Å². The Morgan fingerprint density at radius 3 is 2.79 bits per heavy atom. The highest BCUT2D eigenvalue weighted by atomic mass is 32.1. The van der Waals surface area contributed by atoms with Gasteiger partial charge in [-0.3, -0.25) is 0 Å². The van der Waals surface area contributed by atoms with Gasteiger partial charge in [0.25, 0.3) is 0 Å². The summed E-state index contributed by atoms with van der Waals surface area (Å²) in [4.78, 5) is 14.0. The molecule has 2 heterocycles. The number of ether oxygens (including phenoxy) is 1. The second-order valence-corrected chi connectivity index (χ2v) is 6.13. The predicted octanol–water partition coefficient (Wildman–Crippen LogP) is 2.50. The van der Waals surface area contributed by atoms with Crippen molar-refractivity contribution in [1.29, 1.82) is 0 Å². The number of rotatable bonds is 3. The summed E-state index contributed by atoms with van der Waals surface area (Å²) in [7, 11) is 0. The zero-order valence-corrected chi connectivity index (χ0v) is 12.6. The lowest BCUT2D eigenvalue weighted by Crippen LogP contribution is -2.53. The van der Waals surface area contributed by atoms with E-state index in [0.29, 0.717) is 13.1 Å². The van der Waals surface area contributed by atoms with Gasteiger partial charge in [0.2, 0.25) is 0 Å². The molecule has 1 aliphatic heterocycles. The maximum Gasteiger partial charge on any atom is 0.317 e. The summed E-state index contributed by atoms with van der Waals surface area (Å²) in [5.41, 5.74) is 1.28. The summed E-state index contributed by atoms with van der Waals surface area (Å²) in [6.45, 7) is 7.39. The quantitative estimate of drug-likeness (QED) is 0.925. The second-order valence-electron chi connectivity index (χ2n) is 5.35. The van der Waals surface area contributed by atoms with E-state index in [4.69, 9.17) is 4.74 Å². The molecule has 1 saturated heterocycles. The molecule has 106 valence electrons. The smallest absolute Gasteiger partial charge is 0.317 e. The molecule has 0 spiro atoms. The molecule has 1 N–H and O–H groups in total. The average molecular weight is 282 g/mol. The molecule has 0 bridgehead atoms. The Balaban J connectivity index is 1.82. The first-order chi connectivity index (χ1) is 9.04. The van der Waals surface area contributed by atoms with E-state index in [2.05, 4.69) is 22.1 Å². The molecular weight excluding hydrogens is 260 g/mol. The number of hydrogen-bond acceptors (Lipinski definition) is 3. The molecule has 0 saturated carbocycles. The van der Waals surface area contributed by atoms with Gasteiger partial charge < -0.3 is 15.0 Å². The van der Waals surface area contributed by atoms with Gasteiger partial charge in [-0.15, -0.1) is 0 Å². The van der Waals surface area contributed by atoms with Gasteiger partial charge in [-0.1, -0.05) is 0 Å². The Kier molecular flexibility index (Phi) is 4.82. The van der Waals surface area contributed by atoms with E-state index < -0.39 is 0 Å². The summed E-state index contributed by atoms with van der Waals surface area (Å²) in [5, 5.41) is 7.26. The molecule has 1 aliphatic rings. The summed E-state index contributed by atoms with van der Waals surface area (Å²) in [5.74, 6) is 0. The number of thiophene rings is 1. The average Bonchev–Trinajstić information content (AvgIpc) is 2.80. The fourth-order valence-corrected chi connectivity index (χ4v) is 3.14. The molecule has 4 nitrogen and oxygen atoms in total. The minimum atomic E-state index is 0.0183. The molecule has 1 aromatic heterocycles. The third-order valence-corrected chi connectivity index (χ3v) is 3.93. The van der Waals surface area contributed by atoms with Crippen LogP contribution in [-0.4, -0.2) is 42.3 Å². The van der Waals surface area contributed by atoms with Gasteiger partial charge in [-0.2, -0.15) is 11.3 Å². The number of morpholine rings is 1. The molecule has 2 rings (SSSR count). The first-order valence-corrected chi connectivity index (χ1v) is 7.71. The van der Waals surface area contributed by atoms with Crippen molar-refractivity contribution in [3.05, 3.63) is 22.4 Å². The molecular formula is C14H22N2O2S. The monoisotopic (exact) mass is 282 g/mol. The minimum absolute atomic E-state index is 0.0183. The minimum Gasteiger partial charge on any atom is -0.372 e. The van der Waals surface area contributed by atoms with Crippen molar-refractivity contribution in [2.45, 2.75) is 45.4 Å². The van der Waals surface area contributed by atoms with Crippen LogP contribution in [0.4, 0.5) is 4.79 Å². The van der Waals surface area contributed by atoms with Crippen LogP contribution in [0.3, 0.4) is 0 Å². The van der Waals surface area contributed by atoms with Crippen LogP contribution in [0.5, 0.6) is 0 Å². The van der Waals surface area contributed by atoms with E-state index in [1.807, 2.05) is 25.7 Å². The van der Waals surface area contributed by atoms with E-state index in [0.717, 1.165) is 6.42 Å². The molecule has 1 aromatic rings. The summed E-state index contributed by atoms with van der Waals surface area (Å²) in [6, 6.07) is 2.27. The van der Waals surface area contributed by atoms with E-state index in [-0.39, 0.29) is 24.3 Å². The zero-order chi connectivity index (χ0) is 13.8. The van der Waals surface area contributed by atoms with Crippen molar-refractivity contribution in [2.24, 2.45) is 0 Å². The van der Waals surface area contributed by atoms with E-state index >= 15 is 0 Å². The fraction of sp³-hybridized carbons (Fsp3) is 0.643. The lowest BCUT2D eigenvalue weighted by Gasteiger charge is -2.35. The number of nitrogens with one attached hydrogen (secondary N) is 1. The van der Waals surface area contributed by atoms with Crippen molar-refractivity contribution in [3.8, 4) is 0 Å². The summed E-state index contributed by atoms with van der Waals surface area (Å²) >= 11 is 1.69. The predicted molar refractivity (Wildman–Crippen MR) is 77.6 cm³/mol. The SMILES string of the molecule is C[C@@H]1CN(C(=O)N[C@@H](C)Cc2ccsc2)C[C@H](C)O1. The highest BCUT2D eigenvalue weighted by Crippen LogP contribution is 2.12. The summed E-state index contributed by atoms with van der Waals surface area (Å²) in [6.07, 6.45) is 1.10. The number of nitrogens with zero attached hydrogens (tertiary/aromatic N) is 1. The lowest BCUT2D eigenvalue weighted by molar-refractivity contribution is -0.0547. The van der Waals surface area contributed by atoms with E-state index in [9.17, 15) is 4.79 Å². The van der Waals surface area contributed by atoms with Crippen LogP contribution < -0.4 is 5.32 Å². The van der Waals surface area contributed by atoms with Gasteiger partial charge in [0, 0.05) is 19.1 Å². The Bertz CT molecular complexity index is 398. The number of carbonyl (C=O) groups is 1. The molecule has 19 heavy (non-hydrogen) atoms. The highest BCUT2D eigenvalue weighted by Gasteiger charge is 2.26. The molecule has 0 aromatic carbocycles. The topological polar surface area (TPSA) is 41.6 Å². The molecule has 0 aliphatic carbocycles. The van der Waals surface area contributed by atoms with E-state index in [1.165, 1.54) is 5.56 Å². The van der Waals surface area contributed by atoms with Crippen molar-refractivity contribution in [2.75, 3.05) is 13.1 Å². The number of carbonyl (C=O) groups excluding carboxylic acids is 1. The van der Waals surface area contributed by atoms with E-state index in [1.54, 1.807) is 11.3 Å². The van der Waals surface area contributed by atoms with Gasteiger partial charge in [0.1, 0.15) is 0 Å². The van der Waals surface area contributed by atoms with Crippen molar-refractivity contribution in [1.82, 2.24) is 10.2 Å². The van der Waals surface area contributed by atoms with Crippen LogP contribution in [-0.2, 0) is 11.2 Å². The maximum atomic E-state index is 12.2. The molecule has 5 heteroatoms. The van der Waals surface area contributed by atoms with Gasteiger partial charge in [0.15, 0.2) is 0 Å². The third kappa shape index (κ3) is 4.21. The van der Waals surface area contributed by atoms with Crippen LogP contribution in [0.1, 0.15) is 26.3 Å². The van der Waals surface area contributed by atoms with Crippen molar-refractivity contribution in [3.63, 3.8) is 0 Å². The zero-order valence-electron chi connectivity index (χ0n) is 11.8. The Labute approximate surface area is 118 Å². The van der Waals surface area contributed by atoms with Crippen LogP contribution in [0.15, 0.2) is 16.8 Å². The number of urea groups is 1. The number of hydrogen-bond donors (Lipinski definition) is 1. The Morgan fingerprint density at radius 2 is 2.21 bits per heavy atom. The van der Waals surface area contributed by atoms with Crippen LogP contribution >= 0.6 is 11.3 Å². The molecule has 0 unspecified atom stereocenters. The van der Waals surface area contributed by atoms with Gasteiger partial charge in [0.05, 0.1) is 12.2 Å². The van der Waals surface area contributed by atoms with Crippen molar-refractivity contribution < 1.29 is 9.53 Å². The largest absolute Gasteiger partial charge is 0.372 e. The fourth-order valence-electron chi connectivity index (χ4n) is 2.46. The van der Waals surface area contributed by atoms with Gasteiger partial charge in [-0.25, -0.2) is 4.79 Å². The van der Waals surface area contributed by atoms with Crippen molar-refractivity contribution >= 4 is 17.4 Å². The molecule has 2 amide bonds. The highest BCUT2D eigenvalue weighted by molar-refractivity contribution is 7.07. The standard InChI is InChI=1S/C14H22N2O2S/c1-10(6-13-4-5-19-9-13)15-14(17)16-7-11(2)18-12(3)8-16/h4-5,9-12H,6-8H2,1-3H3,(H,15,17)/t10-,11-,12+/m0/s1. The first kappa shape index (κ1) is 14.3. The molecule has 0 radical (unpaired) electrons. The van der Waals surface area contributed by atoms with Crippen LogP contribution in [0.25, 0.3) is 0 Å². The maximum absolute atomic E-state index is 12.2. The van der Waals surface area contributed by atoms with Gasteiger partial charge >= 0.3 is 6.03 Å². The summed E-state index contributed by atoms with van der Waals surface area (Å²) < 4.78 is 5.64. The third-order valence-electron chi connectivity index (χ3n) is 3.20. The lowest BCUT2D eigenvalue weighted by atomic mass is 10.1. The second kappa shape index (κ2) is 6.39.